The molecule has 0 spiro atoms. The van der Waals surface area contributed by atoms with E-state index in [2.05, 4.69) is 223 Å². The lowest BCUT2D eigenvalue weighted by Gasteiger charge is -2.36. The van der Waals surface area contributed by atoms with Crippen molar-refractivity contribution in [2.24, 2.45) is 0 Å². The maximum atomic E-state index is 9.93. The van der Waals surface area contributed by atoms with E-state index in [9.17, 15) is 8.22 Å². The first-order valence-electron chi connectivity index (χ1n) is 29.9. The summed E-state index contributed by atoms with van der Waals surface area (Å²) in [6.07, 6.45) is 0. The van der Waals surface area contributed by atoms with Crippen molar-refractivity contribution in [2.75, 3.05) is 4.90 Å². The molecule has 3 aliphatic rings. The van der Waals surface area contributed by atoms with Crippen molar-refractivity contribution in [3.05, 3.63) is 354 Å². The van der Waals surface area contributed by atoms with E-state index in [4.69, 9.17) is 2.74 Å². The molecule has 12 aromatic rings. The van der Waals surface area contributed by atoms with E-state index in [1.165, 1.54) is 11.1 Å². The van der Waals surface area contributed by atoms with Crippen LogP contribution < -0.4 is 25.6 Å². The van der Waals surface area contributed by atoms with Crippen LogP contribution in [0.2, 0.25) is 0 Å². The lowest BCUT2D eigenvalue weighted by atomic mass is 9.67. The van der Waals surface area contributed by atoms with Crippen molar-refractivity contribution in [1.29, 1.82) is 0 Å². The summed E-state index contributed by atoms with van der Waals surface area (Å²) in [4.78, 5) is 2.31. The van der Waals surface area contributed by atoms with Gasteiger partial charge in [-0.15, -0.1) is 0 Å². The van der Waals surface area contributed by atoms with Crippen molar-refractivity contribution in [3.8, 4) is 33.4 Å². The van der Waals surface area contributed by atoms with Gasteiger partial charge in [-0.25, -0.2) is 0 Å². The fourth-order valence-electron chi connectivity index (χ4n) is 13.6. The zero-order chi connectivity index (χ0) is 57.2. The van der Waals surface area contributed by atoms with Gasteiger partial charge in [0.15, 0.2) is 8.07 Å². The zero-order valence-electron chi connectivity index (χ0n) is 49.3. The van der Waals surface area contributed by atoms with Gasteiger partial charge in [-0.3, -0.25) is 0 Å². The minimum atomic E-state index is -4.16. The SMILES string of the molecule is [2H]c1c([2H])c([2H])c2c(c1[2H])-c1c([2H])c([2H])c([2H])c([2H])c1[Si]2(c1ccccc1)c1cccc(N(c2ccc3c(c2)C(c2ccccc2)(c2ccccc2)c2ccccc2-3)c2ccc3c(c2)C(c2ccccc2)(c2ccccc2)c2ccccc2-3)c1. The summed E-state index contributed by atoms with van der Waals surface area (Å²) < 4.78 is 75.6. The first-order chi connectivity index (χ1) is 41.0. The summed E-state index contributed by atoms with van der Waals surface area (Å²) in [5.74, 6) is 0. The molecule has 0 bridgehead atoms. The third-order valence-electron chi connectivity index (χ3n) is 16.5. The van der Waals surface area contributed by atoms with Crippen LogP contribution in [0, 0.1) is 0 Å². The maximum absolute atomic E-state index is 9.93. The average molecular weight is 990 g/mol. The molecule has 0 aromatic heterocycles. The van der Waals surface area contributed by atoms with E-state index < -0.39 is 43.1 Å². The van der Waals surface area contributed by atoms with Crippen LogP contribution in [-0.2, 0) is 10.8 Å². The highest BCUT2D eigenvalue weighted by molar-refractivity contribution is 7.22. The van der Waals surface area contributed by atoms with Crippen LogP contribution in [0.3, 0.4) is 0 Å². The molecule has 0 atom stereocenters. The number of fused-ring (bicyclic) bond motifs is 9. The quantitative estimate of drug-likeness (QED) is 0.130. The molecule has 2 heteroatoms. The molecular weight excluding hydrogens is 931 g/mol. The van der Waals surface area contributed by atoms with Gasteiger partial charge in [-0.2, -0.15) is 0 Å². The van der Waals surface area contributed by atoms with Crippen molar-refractivity contribution < 1.29 is 11.0 Å². The van der Waals surface area contributed by atoms with Gasteiger partial charge in [0.1, 0.15) is 0 Å². The van der Waals surface area contributed by atoms with Crippen LogP contribution in [0.5, 0.6) is 0 Å². The molecule has 0 saturated heterocycles. The summed E-state index contributed by atoms with van der Waals surface area (Å²) >= 11 is 0. The zero-order valence-corrected chi connectivity index (χ0v) is 42.3. The van der Waals surface area contributed by atoms with Gasteiger partial charge in [0, 0.05) is 17.1 Å². The summed E-state index contributed by atoms with van der Waals surface area (Å²) in [7, 11) is -4.16. The molecule has 0 fully saturated rings. The molecule has 0 amide bonds. The van der Waals surface area contributed by atoms with E-state index in [0.29, 0.717) is 15.6 Å². The lowest BCUT2D eigenvalue weighted by molar-refractivity contribution is 0.767. The molecule has 12 aromatic carbocycles. The molecule has 15 rings (SSSR count). The second-order valence-corrected chi connectivity index (χ2v) is 23.7. The maximum Gasteiger partial charge on any atom is 0.180 e. The Morgan fingerprint density at radius 1 is 0.276 bits per heavy atom. The van der Waals surface area contributed by atoms with E-state index in [1.54, 1.807) is 0 Å². The molecular formula is C74H51NSi. The van der Waals surface area contributed by atoms with Gasteiger partial charge >= 0.3 is 0 Å². The molecule has 0 saturated carbocycles. The summed E-state index contributed by atoms with van der Waals surface area (Å²) in [5.41, 5.74) is 14.8. The fraction of sp³-hybridized carbons (Fsp3) is 0.0270. The molecule has 0 N–H and O–H groups in total. The topological polar surface area (TPSA) is 3.24 Å². The van der Waals surface area contributed by atoms with Crippen molar-refractivity contribution >= 4 is 45.9 Å². The summed E-state index contributed by atoms with van der Waals surface area (Å²) in [6.45, 7) is 0. The predicted molar refractivity (Wildman–Crippen MR) is 318 cm³/mol. The number of rotatable bonds is 9. The average Bonchev–Trinajstić information content (AvgIpc) is 1.70. The minimum Gasteiger partial charge on any atom is -0.310 e. The standard InChI is InChI=1S/C74H51NSi/c1-6-25-52(26-7-1)73(53-27-8-2-9-28-53)67-41-20-16-37-61(67)63-47-45-57(50-69(63)73)75(56-33-24-36-60(49-56)76(59-34-14-5-15-35-59)71-43-22-18-39-65(71)66-40-19-23-44-72(66)76)58-46-48-64-62-38-17-21-42-68(62)74(70(64)51-58,54-29-10-3-11-30-54)55-31-12-4-13-32-55/h1-51H/i18D,19D,22D,23D,39D,40D,43D,44D. The van der Waals surface area contributed by atoms with E-state index in [1.807, 2.05) is 42.5 Å². The third kappa shape index (κ3) is 6.13. The van der Waals surface area contributed by atoms with Crippen LogP contribution in [-0.4, -0.2) is 8.07 Å². The van der Waals surface area contributed by atoms with Crippen molar-refractivity contribution in [3.63, 3.8) is 0 Å². The third-order valence-corrected chi connectivity index (χ3v) is 21.1. The van der Waals surface area contributed by atoms with Crippen LogP contribution >= 0.6 is 0 Å². The van der Waals surface area contributed by atoms with Crippen molar-refractivity contribution in [1.82, 2.24) is 0 Å². The van der Waals surface area contributed by atoms with Crippen LogP contribution in [0.15, 0.2) is 309 Å². The highest BCUT2D eigenvalue weighted by atomic mass is 28.3. The molecule has 356 valence electrons. The first kappa shape index (κ1) is 36.6. The molecule has 2 aliphatic carbocycles. The van der Waals surface area contributed by atoms with Crippen LogP contribution in [0.1, 0.15) is 55.5 Å². The second-order valence-electron chi connectivity index (χ2n) is 20.0. The smallest absolute Gasteiger partial charge is 0.180 e. The van der Waals surface area contributed by atoms with Crippen LogP contribution in [0.25, 0.3) is 33.4 Å². The first-order valence-corrected chi connectivity index (χ1v) is 27.9. The van der Waals surface area contributed by atoms with Gasteiger partial charge in [-0.05, 0) is 135 Å². The molecule has 1 heterocycles. The molecule has 1 aliphatic heterocycles. The largest absolute Gasteiger partial charge is 0.310 e. The number of hydrogen-bond donors (Lipinski definition) is 0. The Morgan fingerprint density at radius 3 is 1.08 bits per heavy atom. The minimum absolute atomic E-state index is 0.119. The monoisotopic (exact) mass is 989 g/mol. The Labute approximate surface area is 457 Å². The van der Waals surface area contributed by atoms with E-state index >= 15 is 0 Å². The number of anilines is 3. The summed E-state index contributed by atoms with van der Waals surface area (Å²) in [6, 6.07) is 88.9. The van der Waals surface area contributed by atoms with Crippen LogP contribution in [0.4, 0.5) is 17.1 Å². The number of benzene rings is 12. The summed E-state index contributed by atoms with van der Waals surface area (Å²) in [5, 5.41) is 2.03. The van der Waals surface area contributed by atoms with Crippen molar-refractivity contribution in [2.45, 2.75) is 10.8 Å². The van der Waals surface area contributed by atoms with E-state index in [-0.39, 0.29) is 35.3 Å². The molecule has 1 nitrogen and oxygen atoms in total. The predicted octanol–water partition coefficient (Wildman–Crippen LogP) is 15.2. The van der Waals surface area contributed by atoms with Gasteiger partial charge < -0.3 is 4.90 Å². The highest BCUT2D eigenvalue weighted by Crippen LogP contribution is 2.59. The Bertz CT molecular complexity index is 4320. The van der Waals surface area contributed by atoms with Gasteiger partial charge in [0.25, 0.3) is 0 Å². The second kappa shape index (κ2) is 17.4. The Morgan fingerprint density at radius 2 is 0.632 bits per heavy atom. The van der Waals surface area contributed by atoms with Gasteiger partial charge in [0.2, 0.25) is 0 Å². The normalized spacial score (nSPS) is 15.8. The Kier molecular flexibility index (Phi) is 8.36. The number of hydrogen-bond acceptors (Lipinski definition) is 1. The van der Waals surface area contributed by atoms with Gasteiger partial charge in [-0.1, -0.05) is 273 Å². The number of nitrogens with zero attached hydrogens (tertiary/aromatic N) is 1. The highest BCUT2D eigenvalue weighted by Gasteiger charge is 2.50. The van der Waals surface area contributed by atoms with E-state index in [0.717, 1.165) is 77.9 Å². The lowest BCUT2D eigenvalue weighted by Crippen LogP contribution is -2.72. The molecule has 76 heavy (non-hydrogen) atoms. The molecule has 0 radical (unpaired) electrons. The Balaban J connectivity index is 1.06. The fourth-order valence-corrected chi connectivity index (χ4v) is 18.4. The van der Waals surface area contributed by atoms with Gasteiger partial charge in [0.05, 0.1) is 21.8 Å². The Hall–Kier alpha value is -9.34. The molecule has 0 unspecified atom stereocenters.